The molecule has 1 atom stereocenters. The van der Waals surface area contributed by atoms with Crippen molar-refractivity contribution in [2.45, 2.75) is 44.9 Å². The highest BCUT2D eigenvalue weighted by atomic mass is 32.1. The Kier molecular flexibility index (Phi) is 9.20. The van der Waals surface area contributed by atoms with Crippen LogP contribution in [0.3, 0.4) is 0 Å². The predicted octanol–water partition coefficient (Wildman–Crippen LogP) is 5.53. The molecule has 4 aromatic heterocycles. The third-order valence-electron chi connectivity index (χ3n) is 7.01. The number of aryl methyl sites for hydroxylation is 1. The van der Waals surface area contributed by atoms with Crippen LogP contribution in [0.2, 0.25) is 0 Å². The number of hydrogen-bond acceptors (Lipinski definition) is 10. The molecule has 0 saturated carbocycles. The van der Waals surface area contributed by atoms with Gasteiger partial charge in [-0.25, -0.2) is 24.1 Å². The average molecular weight is 612 g/mol. The van der Waals surface area contributed by atoms with E-state index in [0.717, 1.165) is 46.0 Å². The Morgan fingerprint density at radius 1 is 0.791 bits per heavy atom. The standard InChI is InChI=1S/C30H29N9O2S2/c40-30(41-16-29-14-32-22-43-29)37(15-24-6-10-26(11-7-24)39-20-34-18-36-39)27(12-28-13-31-21-42-28)3-1-2-23-4-8-25(9-5-23)38-19-33-17-35-38/h4-11,13-14,17-22,27H,1-3,12,15-16H2. The minimum Gasteiger partial charge on any atom is -0.444 e. The molecule has 0 aliphatic carbocycles. The van der Waals surface area contributed by atoms with Gasteiger partial charge < -0.3 is 9.64 Å². The van der Waals surface area contributed by atoms with Gasteiger partial charge >= 0.3 is 6.09 Å². The maximum atomic E-state index is 13.7. The van der Waals surface area contributed by atoms with E-state index in [-0.39, 0.29) is 18.7 Å². The summed E-state index contributed by atoms with van der Waals surface area (Å²) in [6.07, 6.45) is 12.9. The molecule has 0 aliphatic rings. The largest absolute Gasteiger partial charge is 0.444 e. The van der Waals surface area contributed by atoms with Crippen molar-refractivity contribution in [1.82, 2.24) is 44.4 Å². The second kappa shape index (κ2) is 13.9. The van der Waals surface area contributed by atoms with Gasteiger partial charge in [0.2, 0.25) is 0 Å². The normalized spacial score (nSPS) is 11.8. The molecule has 0 aliphatic heterocycles. The number of carbonyl (C=O) groups excluding carboxylic acids is 1. The SMILES string of the molecule is O=C(OCc1cncs1)N(Cc1ccc(-n2cncn2)cc1)C(CCCc1ccc(-n2cncn2)cc1)Cc1cncs1. The summed E-state index contributed by atoms with van der Waals surface area (Å²) in [5.41, 5.74) is 7.66. The summed E-state index contributed by atoms with van der Waals surface area (Å²) >= 11 is 3.07. The van der Waals surface area contributed by atoms with Gasteiger partial charge in [-0.1, -0.05) is 24.3 Å². The van der Waals surface area contributed by atoms with E-state index in [2.05, 4.69) is 42.3 Å². The van der Waals surface area contributed by atoms with Crippen molar-refractivity contribution in [2.75, 3.05) is 0 Å². The van der Waals surface area contributed by atoms with Crippen LogP contribution in [0.5, 0.6) is 0 Å². The van der Waals surface area contributed by atoms with Crippen LogP contribution in [0.4, 0.5) is 4.79 Å². The Labute approximate surface area is 256 Å². The summed E-state index contributed by atoms with van der Waals surface area (Å²) in [6, 6.07) is 16.2. The van der Waals surface area contributed by atoms with Crippen molar-refractivity contribution in [1.29, 1.82) is 0 Å². The number of hydrogen-bond donors (Lipinski definition) is 0. The first-order chi connectivity index (χ1) is 21.2. The molecule has 0 N–H and O–H groups in total. The lowest BCUT2D eigenvalue weighted by molar-refractivity contribution is 0.0753. The van der Waals surface area contributed by atoms with E-state index >= 15 is 0 Å². The molecule has 0 radical (unpaired) electrons. The molecule has 0 spiro atoms. The van der Waals surface area contributed by atoms with Gasteiger partial charge in [0.15, 0.2) is 0 Å². The highest BCUT2D eigenvalue weighted by Crippen LogP contribution is 2.23. The van der Waals surface area contributed by atoms with Gasteiger partial charge in [0.05, 0.1) is 27.3 Å². The van der Waals surface area contributed by atoms with E-state index in [1.807, 2.05) is 53.0 Å². The minimum absolute atomic E-state index is 0.0844. The summed E-state index contributed by atoms with van der Waals surface area (Å²) < 4.78 is 9.27. The monoisotopic (exact) mass is 611 g/mol. The molecule has 6 rings (SSSR count). The highest BCUT2D eigenvalue weighted by molar-refractivity contribution is 7.09. The van der Waals surface area contributed by atoms with Crippen LogP contribution in [-0.4, -0.2) is 56.5 Å². The predicted molar refractivity (Wildman–Crippen MR) is 163 cm³/mol. The topological polar surface area (TPSA) is 117 Å². The molecule has 218 valence electrons. The third-order valence-corrected chi connectivity index (χ3v) is 8.57. The van der Waals surface area contributed by atoms with Gasteiger partial charge in [0, 0.05) is 36.3 Å². The molecular formula is C30H29N9O2S2. The maximum absolute atomic E-state index is 13.7. The second-order valence-electron chi connectivity index (χ2n) is 9.88. The van der Waals surface area contributed by atoms with Crippen LogP contribution >= 0.6 is 22.7 Å². The molecule has 1 amide bonds. The number of amides is 1. The zero-order valence-corrected chi connectivity index (χ0v) is 24.8. The number of rotatable bonds is 13. The zero-order chi connectivity index (χ0) is 29.3. The summed E-state index contributed by atoms with van der Waals surface area (Å²) in [5, 5.41) is 8.40. The summed E-state index contributed by atoms with van der Waals surface area (Å²) in [7, 11) is 0. The van der Waals surface area contributed by atoms with Gasteiger partial charge in [-0.05, 0) is 54.7 Å². The van der Waals surface area contributed by atoms with Crippen molar-refractivity contribution in [2.24, 2.45) is 0 Å². The van der Waals surface area contributed by atoms with Crippen molar-refractivity contribution in [3.05, 3.63) is 118 Å². The second-order valence-corrected chi connectivity index (χ2v) is 11.8. The molecule has 2 aromatic carbocycles. The van der Waals surface area contributed by atoms with Gasteiger partial charge in [-0.15, -0.1) is 22.7 Å². The van der Waals surface area contributed by atoms with Gasteiger partial charge in [-0.3, -0.25) is 9.97 Å². The van der Waals surface area contributed by atoms with Crippen molar-refractivity contribution in [3.63, 3.8) is 0 Å². The zero-order valence-electron chi connectivity index (χ0n) is 23.2. The van der Waals surface area contributed by atoms with E-state index in [9.17, 15) is 4.79 Å². The van der Waals surface area contributed by atoms with E-state index < -0.39 is 0 Å². The molecule has 0 fully saturated rings. The van der Waals surface area contributed by atoms with E-state index in [0.29, 0.717) is 13.0 Å². The highest BCUT2D eigenvalue weighted by Gasteiger charge is 2.26. The van der Waals surface area contributed by atoms with Crippen LogP contribution in [0, 0.1) is 0 Å². The average Bonchev–Trinajstić information content (AvgIpc) is 3.88. The molecule has 0 saturated heterocycles. The van der Waals surface area contributed by atoms with Crippen LogP contribution < -0.4 is 0 Å². The Morgan fingerprint density at radius 2 is 1.40 bits per heavy atom. The first-order valence-electron chi connectivity index (χ1n) is 13.8. The summed E-state index contributed by atoms with van der Waals surface area (Å²) in [5.74, 6) is 0. The quantitative estimate of drug-likeness (QED) is 0.167. The molecule has 1 unspecified atom stereocenters. The number of benzene rings is 2. The summed E-state index contributed by atoms with van der Waals surface area (Å²) in [6.45, 7) is 0.603. The number of thiazole rings is 2. The lowest BCUT2D eigenvalue weighted by Gasteiger charge is -2.31. The lowest BCUT2D eigenvalue weighted by atomic mass is 10.0. The van der Waals surface area contributed by atoms with Crippen molar-refractivity contribution in [3.8, 4) is 11.4 Å². The van der Waals surface area contributed by atoms with E-state index in [1.165, 1.54) is 29.6 Å². The fourth-order valence-corrected chi connectivity index (χ4v) is 5.98. The molecule has 4 heterocycles. The number of nitrogens with zero attached hydrogens (tertiary/aromatic N) is 9. The minimum atomic E-state index is -0.347. The van der Waals surface area contributed by atoms with E-state index in [1.54, 1.807) is 45.1 Å². The van der Waals surface area contributed by atoms with E-state index in [4.69, 9.17) is 4.74 Å². The van der Waals surface area contributed by atoms with Crippen LogP contribution in [0.15, 0.2) is 97.3 Å². The smallest absolute Gasteiger partial charge is 0.410 e. The molecule has 0 bridgehead atoms. The number of aromatic nitrogens is 8. The third kappa shape index (κ3) is 7.56. The Morgan fingerprint density at radius 3 is 1.95 bits per heavy atom. The van der Waals surface area contributed by atoms with Crippen LogP contribution in [0.1, 0.15) is 33.7 Å². The molecule has 43 heavy (non-hydrogen) atoms. The fraction of sp³-hybridized carbons (Fsp3) is 0.233. The van der Waals surface area contributed by atoms with Gasteiger partial charge in [0.25, 0.3) is 0 Å². The number of ether oxygens (including phenoxy) is 1. The molecule has 11 nitrogen and oxygen atoms in total. The Hall–Kier alpha value is -4.75. The van der Waals surface area contributed by atoms with Gasteiger partial charge in [0.1, 0.15) is 31.9 Å². The summed E-state index contributed by atoms with van der Waals surface area (Å²) in [4.78, 5) is 34.0. The van der Waals surface area contributed by atoms with Crippen LogP contribution in [0.25, 0.3) is 11.4 Å². The van der Waals surface area contributed by atoms with Crippen molar-refractivity contribution >= 4 is 28.8 Å². The first-order valence-corrected chi connectivity index (χ1v) is 15.5. The Bertz CT molecular complexity index is 1650. The fourth-order valence-electron chi connectivity index (χ4n) is 4.81. The number of carbonyl (C=O) groups is 1. The maximum Gasteiger partial charge on any atom is 0.410 e. The molecule has 6 aromatic rings. The molecular weight excluding hydrogens is 583 g/mol. The van der Waals surface area contributed by atoms with Crippen LogP contribution in [-0.2, 0) is 30.7 Å². The first kappa shape index (κ1) is 28.4. The lowest BCUT2D eigenvalue weighted by Crippen LogP contribution is -2.41. The van der Waals surface area contributed by atoms with Gasteiger partial charge in [-0.2, -0.15) is 10.2 Å². The Balaban J connectivity index is 1.19. The molecule has 13 heteroatoms. The van der Waals surface area contributed by atoms with Crippen molar-refractivity contribution < 1.29 is 9.53 Å².